The topological polar surface area (TPSA) is 109 Å². The molecule has 5 N–H and O–H groups in total. The van der Waals surface area contributed by atoms with Crippen LogP contribution >= 0.6 is 0 Å². The summed E-state index contributed by atoms with van der Waals surface area (Å²) in [7, 11) is 1.36. The van der Waals surface area contributed by atoms with E-state index in [1.165, 1.54) is 7.11 Å². The van der Waals surface area contributed by atoms with Gasteiger partial charge in [0.1, 0.15) is 0 Å². The third-order valence-corrected chi connectivity index (χ3v) is 3.59. The van der Waals surface area contributed by atoms with Gasteiger partial charge in [0.25, 0.3) is 0 Å². The lowest BCUT2D eigenvalue weighted by molar-refractivity contribution is -0.145. The highest BCUT2D eigenvalue weighted by atomic mass is 16.5. The number of hydrogen-bond acceptors (Lipinski definition) is 7. The number of carbonyl (C=O) groups is 2. The molecule has 8 heteroatoms. The minimum atomic E-state index is -0.305. The Balaban J connectivity index is 1.96. The van der Waals surface area contributed by atoms with Crippen molar-refractivity contribution in [2.45, 2.75) is 6.42 Å². The largest absolute Gasteiger partial charge is 0.469 e. The van der Waals surface area contributed by atoms with Crippen molar-refractivity contribution in [3.05, 3.63) is 0 Å². The van der Waals surface area contributed by atoms with Crippen LogP contribution in [0.1, 0.15) is 6.42 Å². The van der Waals surface area contributed by atoms with Gasteiger partial charge in [0.15, 0.2) is 0 Å². The highest BCUT2D eigenvalue weighted by molar-refractivity contribution is 5.86. The Kier molecular flexibility index (Phi) is 9.72. The van der Waals surface area contributed by atoms with Gasteiger partial charge in [-0.15, -0.1) is 0 Å². The Bertz CT molecular complexity index is 340. The van der Waals surface area contributed by atoms with Crippen LogP contribution in [0.25, 0.3) is 0 Å². The van der Waals surface area contributed by atoms with E-state index in [9.17, 15) is 9.59 Å². The van der Waals surface area contributed by atoms with Gasteiger partial charge in [0, 0.05) is 65.3 Å². The van der Waals surface area contributed by atoms with Crippen LogP contribution in [-0.2, 0) is 14.3 Å². The zero-order valence-electron chi connectivity index (χ0n) is 13.4. The molecule has 8 nitrogen and oxygen atoms in total. The van der Waals surface area contributed by atoms with Crippen LogP contribution in [0.5, 0.6) is 0 Å². The molecule has 0 spiro atoms. The number of amides is 1. The first-order chi connectivity index (χ1) is 10.7. The van der Waals surface area contributed by atoms with E-state index in [1.807, 2.05) is 0 Å². The maximum Gasteiger partial charge on any atom is 0.310 e. The molecule has 0 aromatic rings. The fraction of sp³-hybridized carbons (Fsp3) is 0.857. The molecular formula is C14H29N5O3. The normalized spacial score (nSPS) is 18.0. The molecule has 22 heavy (non-hydrogen) atoms. The molecule has 1 fully saturated rings. The summed E-state index contributed by atoms with van der Waals surface area (Å²) in [6.07, 6.45) is 0.268. The quantitative estimate of drug-likeness (QED) is 0.238. The van der Waals surface area contributed by atoms with Gasteiger partial charge in [0.2, 0.25) is 5.91 Å². The first kappa shape index (κ1) is 18.8. The molecule has 1 atom stereocenters. The molecule has 0 aromatic carbocycles. The molecular weight excluding hydrogens is 286 g/mol. The van der Waals surface area contributed by atoms with Gasteiger partial charge in [-0.1, -0.05) is 0 Å². The van der Waals surface area contributed by atoms with Gasteiger partial charge in [-0.25, -0.2) is 0 Å². The molecule has 1 aliphatic rings. The number of likely N-dealkylation sites (tertiary alicyclic amines) is 1. The second-order valence-corrected chi connectivity index (χ2v) is 5.30. The summed E-state index contributed by atoms with van der Waals surface area (Å²) in [4.78, 5) is 24.9. The van der Waals surface area contributed by atoms with Crippen LogP contribution in [0.3, 0.4) is 0 Å². The van der Waals surface area contributed by atoms with Crippen molar-refractivity contribution < 1.29 is 14.3 Å². The summed E-state index contributed by atoms with van der Waals surface area (Å²) in [5, 5.41) is 9.79. The van der Waals surface area contributed by atoms with E-state index >= 15 is 0 Å². The van der Waals surface area contributed by atoms with Gasteiger partial charge in [0.05, 0.1) is 13.0 Å². The molecule has 0 bridgehead atoms. The Labute approximate surface area is 132 Å². The Morgan fingerprint density at radius 1 is 1.18 bits per heavy atom. The van der Waals surface area contributed by atoms with E-state index in [2.05, 4.69) is 20.7 Å². The number of nitrogens with two attached hydrogens (primary N) is 1. The third kappa shape index (κ3) is 7.17. The lowest BCUT2D eigenvalue weighted by Crippen LogP contribution is -2.37. The molecule has 1 saturated heterocycles. The van der Waals surface area contributed by atoms with E-state index in [-0.39, 0.29) is 24.2 Å². The predicted octanol–water partition coefficient (Wildman–Crippen LogP) is -2.26. The first-order valence-corrected chi connectivity index (χ1v) is 7.86. The van der Waals surface area contributed by atoms with Gasteiger partial charge >= 0.3 is 5.97 Å². The average Bonchev–Trinajstić information content (AvgIpc) is 2.89. The highest BCUT2D eigenvalue weighted by Gasteiger charge is 2.34. The molecule has 0 aromatic heterocycles. The van der Waals surface area contributed by atoms with E-state index in [4.69, 9.17) is 5.73 Å². The maximum absolute atomic E-state index is 11.8. The number of hydrogen-bond donors (Lipinski definition) is 4. The van der Waals surface area contributed by atoms with Crippen molar-refractivity contribution in [2.24, 2.45) is 11.7 Å². The minimum absolute atomic E-state index is 0.0290. The number of carbonyl (C=O) groups excluding carboxylic acids is 2. The smallest absolute Gasteiger partial charge is 0.310 e. The Hall–Kier alpha value is -1.22. The van der Waals surface area contributed by atoms with E-state index in [1.54, 1.807) is 4.90 Å². The minimum Gasteiger partial charge on any atom is -0.469 e. The van der Waals surface area contributed by atoms with Gasteiger partial charge in [-0.2, -0.15) is 0 Å². The number of rotatable bonds is 12. The summed E-state index contributed by atoms with van der Waals surface area (Å²) in [5.41, 5.74) is 5.37. The zero-order chi connectivity index (χ0) is 16.2. The lowest BCUT2D eigenvalue weighted by atomic mass is 10.1. The number of nitrogens with one attached hydrogen (secondary N) is 3. The summed E-state index contributed by atoms with van der Waals surface area (Å²) < 4.78 is 4.68. The summed E-state index contributed by atoms with van der Waals surface area (Å²) >= 11 is 0. The van der Waals surface area contributed by atoms with Gasteiger partial charge in [-0.3, -0.25) is 9.59 Å². The molecule has 1 aliphatic heterocycles. The van der Waals surface area contributed by atoms with Crippen molar-refractivity contribution in [2.75, 3.05) is 66.0 Å². The standard InChI is InChI=1S/C14H29N5O3/c1-22-14(21)12-10-13(20)19(11-12)9-8-18-7-6-17-5-4-16-3-2-15/h12,16-18H,2-11,15H2,1H3. The fourth-order valence-electron chi connectivity index (χ4n) is 2.36. The van der Waals surface area contributed by atoms with Crippen LogP contribution < -0.4 is 21.7 Å². The number of esters is 1. The Morgan fingerprint density at radius 2 is 1.77 bits per heavy atom. The number of methoxy groups -OCH3 is 1. The van der Waals surface area contributed by atoms with E-state index in [0.717, 1.165) is 39.3 Å². The number of nitrogens with zero attached hydrogens (tertiary/aromatic N) is 1. The molecule has 1 amide bonds. The number of ether oxygens (including phenoxy) is 1. The second-order valence-electron chi connectivity index (χ2n) is 5.30. The fourth-order valence-corrected chi connectivity index (χ4v) is 2.36. The van der Waals surface area contributed by atoms with Crippen LogP contribution in [-0.4, -0.2) is 82.8 Å². The maximum atomic E-state index is 11.8. The van der Waals surface area contributed by atoms with E-state index in [0.29, 0.717) is 19.6 Å². The third-order valence-electron chi connectivity index (χ3n) is 3.59. The van der Waals surface area contributed by atoms with Crippen molar-refractivity contribution in [3.8, 4) is 0 Å². The molecule has 1 heterocycles. The highest BCUT2D eigenvalue weighted by Crippen LogP contribution is 2.18. The van der Waals surface area contributed by atoms with Crippen molar-refractivity contribution in [1.82, 2.24) is 20.9 Å². The van der Waals surface area contributed by atoms with Gasteiger partial charge < -0.3 is 31.3 Å². The monoisotopic (exact) mass is 315 g/mol. The van der Waals surface area contributed by atoms with Gasteiger partial charge in [-0.05, 0) is 0 Å². The summed E-state index contributed by atoms with van der Waals surface area (Å²) in [6.45, 7) is 6.88. The molecule has 0 saturated carbocycles. The van der Waals surface area contributed by atoms with Crippen molar-refractivity contribution in [3.63, 3.8) is 0 Å². The van der Waals surface area contributed by atoms with Crippen LogP contribution in [0.2, 0.25) is 0 Å². The second kappa shape index (κ2) is 11.4. The van der Waals surface area contributed by atoms with Crippen molar-refractivity contribution in [1.29, 1.82) is 0 Å². The van der Waals surface area contributed by atoms with Crippen LogP contribution in [0.4, 0.5) is 0 Å². The SMILES string of the molecule is COC(=O)C1CC(=O)N(CCNCCNCCNCCN)C1. The lowest BCUT2D eigenvalue weighted by Gasteiger charge is -2.16. The van der Waals surface area contributed by atoms with E-state index < -0.39 is 0 Å². The summed E-state index contributed by atoms with van der Waals surface area (Å²) in [5.74, 6) is -0.572. The van der Waals surface area contributed by atoms with Crippen LogP contribution in [0, 0.1) is 5.92 Å². The zero-order valence-corrected chi connectivity index (χ0v) is 13.4. The average molecular weight is 315 g/mol. The van der Waals surface area contributed by atoms with Crippen LogP contribution in [0.15, 0.2) is 0 Å². The molecule has 1 rings (SSSR count). The molecule has 0 radical (unpaired) electrons. The molecule has 1 unspecified atom stereocenters. The Morgan fingerprint density at radius 3 is 2.36 bits per heavy atom. The molecule has 0 aliphatic carbocycles. The summed E-state index contributed by atoms with van der Waals surface area (Å²) in [6, 6.07) is 0. The first-order valence-electron chi connectivity index (χ1n) is 7.86. The molecule has 128 valence electrons. The predicted molar refractivity (Wildman–Crippen MR) is 84.4 cm³/mol. The van der Waals surface area contributed by atoms with Crippen molar-refractivity contribution >= 4 is 11.9 Å².